The van der Waals surface area contributed by atoms with E-state index in [4.69, 9.17) is 0 Å². The number of hydrogen-bond acceptors (Lipinski definition) is 2. The summed E-state index contributed by atoms with van der Waals surface area (Å²) < 4.78 is 15.1. The summed E-state index contributed by atoms with van der Waals surface area (Å²) in [4.78, 5) is 0. The van der Waals surface area contributed by atoms with Crippen LogP contribution in [0.5, 0.6) is 0 Å². The highest BCUT2D eigenvalue weighted by molar-refractivity contribution is 5.18. The highest BCUT2D eigenvalue weighted by Gasteiger charge is 2.17. The molecular formula is C13H16FN3. The van der Waals surface area contributed by atoms with E-state index in [1.54, 1.807) is 16.8 Å². The Kier molecular flexibility index (Phi) is 2.96. The van der Waals surface area contributed by atoms with Gasteiger partial charge in [-0.15, -0.1) is 5.10 Å². The van der Waals surface area contributed by atoms with Gasteiger partial charge in [0, 0.05) is 17.2 Å². The van der Waals surface area contributed by atoms with Crippen LogP contribution in [0.2, 0.25) is 0 Å². The summed E-state index contributed by atoms with van der Waals surface area (Å²) in [5.74, 6) is -0.208. The van der Waals surface area contributed by atoms with E-state index in [0.717, 1.165) is 5.69 Å². The Hall–Kier alpha value is -1.71. The number of halogens is 1. The van der Waals surface area contributed by atoms with Crippen LogP contribution in [0, 0.1) is 5.82 Å². The summed E-state index contributed by atoms with van der Waals surface area (Å²) in [7, 11) is 0. The fraction of sp³-hybridized carbons (Fsp3) is 0.385. The van der Waals surface area contributed by atoms with Crippen molar-refractivity contribution in [3.05, 3.63) is 47.5 Å². The molecule has 0 radical (unpaired) electrons. The summed E-state index contributed by atoms with van der Waals surface area (Å²) in [5, 5.41) is 8.12. The molecule has 2 aromatic rings. The van der Waals surface area contributed by atoms with Crippen molar-refractivity contribution in [1.29, 1.82) is 0 Å². The molecule has 4 heteroatoms. The smallest absolute Gasteiger partial charge is 0.128 e. The van der Waals surface area contributed by atoms with Crippen molar-refractivity contribution in [3.63, 3.8) is 0 Å². The second-order valence-electron chi connectivity index (χ2n) is 5.14. The van der Waals surface area contributed by atoms with Crippen molar-refractivity contribution in [2.75, 3.05) is 0 Å². The highest BCUT2D eigenvalue weighted by Crippen LogP contribution is 2.19. The lowest BCUT2D eigenvalue weighted by Crippen LogP contribution is -2.11. The normalized spacial score (nSPS) is 11.8. The first-order chi connectivity index (χ1) is 7.97. The SMILES string of the molecule is CC(C)(C)c1cn(Cc2ccccc2F)nn1. The van der Waals surface area contributed by atoms with Gasteiger partial charge in [0.05, 0.1) is 12.2 Å². The van der Waals surface area contributed by atoms with Crippen LogP contribution in [0.4, 0.5) is 4.39 Å². The number of benzene rings is 1. The largest absolute Gasteiger partial charge is 0.248 e. The Labute approximate surface area is 100 Å². The molecule has 1 aromatic carbocycles. The topological polar surface area (TPSA) is 30.7 Å². The molecule has 0 unspecified atom stereocenters. The zero-order valence-electron chi connectivity index (χ0n) is 10.3. The number of rotatable bonds is 2. The lowest BCUT2D eigenvalue weighted by molar-refractivity contribution is 0.565. The van der Waals surface area contributed by atoms with Crippen LogP contribution in [0.15, 0.2) is 30.5 Å². The molecule has 0 spiro atoms. The molecule has 17 heavy (non-hydrogen) atoms. The van der Waals surface area contributed by atoms with Crippen LogP contribution in [0.25, 0.3) is 0 Å². The minimum absolute atomic E-state index is 0.0342. The van der Waals surface area contributed by atoms with Gasteiger partial charge in [-0.1, -0.05) is 44.2 Å². The maximum absolute atomic E-state index is 13.5. The first kappa shape index (κ1) is 11.8. The van der Waals surface area contributed by atoms with Crippen molar-refractivity contribution in [3.8, 4) is 0 Å². The lowest BCUT2D eigenvalue weighted by Gasteiger charge is -2.12. The van der Waals surface area contributed by atoms with Gasteiger partial charge in [0.2, 0.25) is 0 Å². The van der Waals surface area contributed by atoms with Crippen molar-refractivity contribution in [2.24, 2.45) is 0 Å². The van der Waals surface area contributed by atoms with Gasteiger partial charge in [0.1, 0.15) is 5.82 Å². The molecule has 0 aliphatic heterocycles. The van der Waals surface area contributed by atoms with E-state index in [2.05, 4.69) is 31.1 Å². The van der Waals surface area contributed by atoms with E-state index in [1.807, 2.05) is 12.3 Å². The van der Waals surface area contributed by atoms with Crippen LogP contribution in [0.3, 0.4) is 0 Å². The Morgan fingerprint density at radius 2 is 1.94 bits per heavy atom. The molecule has 0 aliphatic carbocycles. The number of hydrogen-bond donors (Lipinski definition) is 0. The van der Waals surface area contributed by atoms with Crippen LogP contribution in [-0.2, 0) is 12.0 Å². The Balaban J connectivity index is 2.21. The average Bonchev–Trinajstić information content (AvgIpc) is 2.69. The van der Waals surface area contributed by atoms with E-state index in [-0.39, 0.29) is 11.2 Å². The van der Waals surface area contributed by atoms with Gasteiger partial charge in [0.15, 0.2) is 0 Å². The first-order valence-electron chi connectivity index (χ1n) is 5.61. The minimum Gasteiger partial charge on any atom is -0.248 e. The van der Waals surface area contributed by atoms with Gasteiger partial charge in [-0.05, 0) is 6.07 Å². The van der Waals surface area contributed by atoms with Gasteiger partial charge in [-0.25, -0.2) is 9.07 Å². The van der Waals surface area contributed by atoms with Crippen LogP contribution < -0.4 is 0 Å². The summed E-state index contributed by atoms with van der Waals surface area (Å²) in [6, 6.07) is 6.71. The van der Waals surface area contributed by atoms with Crippen molar-refractivity contribution in [1.82, 2.24) is 15.0 Å². The molecule has 0 bridgehead atoms. The maximum Gasteiger partial charge on any atom is 0.128 e. The van der Waals surface area contributed by atoms with E-state index >= 15 is 0 Å². The van der Waals surface area contributed by atoms with Gasteiger partial charge >= 0.3 is 0 Å². The van der Waals surface area contributed by atoms with Gasteiger partial charge in [-0.2, -0.15) is 0 Å². The molecule has 0 aliphatic rings. The molecule has 0 amide bonds. The highest BCUT2D eigenvalue weighted by atomic mass is 19.1. The van der Waals surface area contributed by atoms with Gasteiger partial charge in [-0.3, -0.25) is 0 Å². The quantitative estimate of drug-likeness (QED) is 0.798. The molecule has 1 heterocycles. The third-order valence-electron chi connectivity index (χ3n) is 2.60. The van der Waals surface area contributed by atoms with E-state index in [9.17, 15) is 4.39 Å². The predicted octanol–water partition coefficient (Wildman–Crippen LogP) is 2.76. The minimum atomic E-state index is -0.208. The number of nitrogens with zero attached hydrogens (tertiary/aromatic N) is 3. The Morgan fingerprint density at radius 3 is 2.53 bits per heavy atom. The second-order valence-corrected chi connectivity index (χ2v) is 5.14. The third kappa shape index (κ3) is 2.70. The van der Waals surface area contributed by atoms with E-state index < -0.39 is 0 Å². The summed E-state index contributed by atoms with van der Waals surface area (Å²) in [6.45, 7) is 6.63. The molecule has 0 fully saturated rings. The third-order valence-corrected chi connectivity index (χ3v) is 2.60. The van der Waals surface area contributed by atoms with Crippen molar-refractivity contribution >= 4 is 0 Å². The second kappa shape index (κ2) is 4.28. The molecule has 90 valence electrons. The van der Waals surface area contributed by atoms with Crippen LogP contribution >= 0.6 is 0 Å². The molecule has 2 rings (SSSR count). The maximum atomic E-state index is 13.5. The molecule has 0 N–H and O–H groups in total. The standard InChI is InChI=1S/C13H16FN3/c1-13(2,3)12-9-17(16-15-12)8-10-6-4-5-7-11(10)14/h4-7,9H,8H2,1-3H3. The lowest BCUT2D eigenvalue weighted by atomic mass is 9.93. The monoisotopic (exact) mass is 233 g/mol. The summed E-state index contributed by atoms with van der Waals surface area (Å²) >= 11 is 0. The molecule has 3 nitrogen and oxygen atoms in total. The zero-order chi connectivity index (χ0) is 12.5. The van der Waals surface area contributed by atoms with Gasteiger partial charge < -0.3 is 0 Å². The summed E-state index contributed by atoms with van der Waals surface area (Å²) in [6.07, 6.45) is 1.87. The van der Waals surface area contributed by atoms with Gasteiger partial charge in [0.25, 0.3) is 0 Å². The first-order valence-corrected chi connectivity index (χ1v) is 5.61. The summed E-state index contributed by atoms with van der Waals surface area (Å²) in [5.41, 5.74) is 1.50. The number of aromatic nitrogens is 3. The Morgan fingerprint density at radius 1 is 1.24 bits per heavy atom. The molecule has 0 atom stereocenters. The van der Waals surface area contributed by atoms with Crippen LogP contribution in [0.1, 0.15) is 32.0 Å². The van der Waals surface area contributed by atoms with Crippen LogP contribution in [-0.4, -0.2) is 15.0 Å². The fourth-order valence-electron chi connectivity index (χ4n) is 1.52. The molecule has 0 saturated heterocycles. The van der Waals surface area contributed by atoms with Crippen molar-refractivity contribution < 1.29 is 4.39 Å². The van der Waals surface area contributed by atoms with Crippen molar-refractivity contribution in [2.45, 2.75) is 32.7 Å². The fourth-order valence-corrected chi connectivity index (χ4v) is 1.52. The average molecular weight is 233 g/mol. The molecular weight excluding hydrogens is 217 g/mol. The molecule has 0 saturated carbocycles. The Bertz CT molecular complexity index is 511. The predicted molar refractivity (Wildman–Crippen MR) is 64.2 cm³/mol. The zero-order valence-corrected chi connectivity index (χ0v) is 10.3. The van der Waals surface area contributed by atoms with E-state index in [1.165, 1.54) is 6.07 Å². The van der Waals surface area contributed by atoms with E-state index in [0.29, 0.717) is 12.1 Å². The molecule has 1 aromatic heterocycles.